The molecule has 96 valence electrons. The fourth-order valence-corrected chi connectivity index (χ4v) is 1.83. The van der Waals surface area contributed by atoms with Crippen LogP contribution in [0.3, 0.4) is 0 Å². The van der Waals surface area contributed by atoms with Crippen molar-refractivity contribution in [3.05, 3.63) is 29.3 Å². The van der Waals surface area contributed by atoms with Crippen LogP contribution in [0.1, 0.15) is 15.9 Å². The maximum absolute atomic E-state index is 11.5. The summed E-state index contributed by atoms with van der Waals surface area (Å²) in [5.74, 6) is 3.21. The van der Waals surface area contributed by atoms with Crippen LogP contribution in [-0.2, 0) is 4.74 Å². The van der Waals surface area contributed by atoms with Crippen LogP contribution in [-0.4, -0.2) is 28.3 Å². The van der Waals surface area contributed by atoms with Crippen molar-refractivity contribution in [2.24, 2.45) is 0 Å². The molecule has 0 saturated carbocycles. The maximum Gasteiger partial charge on any atom is 0.341 e. The van der Waals surface area contributed by atoms with Crippen LogP contribution in [0.15, 0.2) is 18.2 Å². The molecular weight excluding hydrogens is 244 g/mol. The summed E-state index contributed by atoms with van der Waals surface area (Å²) in [5.41, 5.74) is 4.53. The van der Waals surface area contributed by atoms with Crippen LogP contribution in [0.2, 0.25) is 19.6 Å². The third-order valence-corrected chi connectivity index (χ3v) is 3.06. The molecule has 4 heteroatoms. The molecule has 0 amide bonds. The molecule has 0 N–H and O–H groups in total. The number of carbonyl (C=O) groups is 1. The van der Waals surface area contributed by atoms with Crippen molar-refractivity contribution in [3.63, 3.8) is 0 Å². The van der Waals surface area contributed by atoms with Crippen molar-refractivity contribution in [3.8, 4) is 17.2 Å². The number of ether oxygens (including phenoxy) is 2. The molecule has 18 heavy (non-hydrogen) atoms. The molecule has 0 aliphatic carbocycles. The van der Waals surface area contributed by atoms with E-state index in [0.717, 1.165) is 5.56 Å². The minimum Gasteiger partial charge on any atom is -0.496 e. The van der Waals surface area contributed by atoms with E-state index in [-0.39, 0.29) is 0 Å². The van der Waals surface area contributed by atoms with Gasteiger partial charge in [-0.15, -0.1) is 5.54 Å². The van der Waals surface area contributed by atoms with Crippen LogP contribution in [0.25, 0.3) is 0 Å². The van der Waals surface area contributed by atoms with Gasteiger partial charge in [0.1, 0.15) is 19.4 Å². The molecule has 0 aliphatic heterocycles. The molecule has 0 fully saturated rings. The fourth-order valence-electron chi connectivity index (χ4n) is 1.31. The average Bonchev–Trinajstić information content (AvgIpc) is 2.34. The zero-order valence-corrected chi connectivity index (χ0v) is 12.5. The van der Waals surface area contributed by atoms with E-state index in [1.165, 1.54) is 14.2 Å². The monoisotopic (exact) mass is 262 g/mol. The summed E-state index contributed by atoms with van der Waals surface area (Å²) in [4.78, 5) is 11.5. The first-order chi connectivity index (χ1) is 8.37. The van der Waals surface area contributed by atoms with Crippen molar-refractivity contribution in [2.75, 3.05) is 14.2 Å². The summed E-state index contributed by atoms with van der Waals surface area (Å²) in [6, 6.07) is 5.25. The molecular formula is C14H18O3Si. The lowest BCUT2D eigenvalue weighted by Crippen LogP contribution is -2.16. The van der Waals surface area contributed by atoms with E-state index < -0.39 is 14.0 Å². The Morgan fingerprint density at radius 2 is 1.89 bits per heavy atom. The molecule has 3 nitrogen and oxygen atoms in total. The Morgan fingerprint density at radius 1 is 1.22 bits per heavy atom. The molecule has 0 aromatic heterocycles. The van der Waals surface area contributed by atoms with Crippen molar-refractivity contribution in [2.45, 2.75) is 19.6 Å². The third-order valence-electron chi connectivity index (χ3n) is 2.19. The molecule has 0 saturated heterocycles. The molecule has 1 aromatic rings. The summed E-state index contributed by atoms with van der Waals surface area (Å²) in [6.07, 6.45) is 0. The summed E-state index contributed by atoms with van der Waals surface area (Å²) in [6.45, 7) is 6.54. The number of rotatable bonds is 2. The Labute approximate surface area is 109 Å². The highest BCUT2D eigenvalue weighted by Gasteiger charge is 2.13. The second kappa shape index (κ2) is 5.74. The molecule has 0 unspecified atom stereocenters. The first-order valence-electron chi connectivity index (χ1n) is 5.67. The second-order valence-corrected chi connectivity index (χ2v) is 9.66. The van der Waals surface area contributed by atoms with Gasteiger partial charge >= 0.3 is 5.97 Å². The van der Waals surface area contributed by atoms with E-state index >= 15 is 0 Å². The van der Waals surface area contributed by atoms with Crippen molar-refractivity contribution in [1.29, 1.82) is 0 Å². The largest absolute Gasteiger partial charge is 0.496 e. The maximum atomic E-state index is 11.5. The van der Waals surface area contributed by atoms with E-state index in [4.69, 9.17) is 4.74 Å². The molecule has 0 radical (unpaired) electrons. The smallest absolute Gasteiger partial charge is 0.341 e. The lowest BCUT2D eigenvalue weighted by atomic mass is 10.1. The Balaban J connectivity index is 3.13. The van der Waals surface area contributed by atoms with Gasteiger partial charge in [0.05, 0.1) is 14.2 Å². The fraction of sp³-hybridized carbons (Fsp3) is 0.357. The zero-order chi connectivity index (χ0) is 13.8. The van der Waals surface area contributed by atoms with Gasteiger partial charge < -0.3 is 9.47 Å². The summed E-state index contributed by atoms with van der Waals surface area (Å²) >= 11 is 0. The predicted molar refractivity (Wildman–Crippen MR) is 74.6 cm³/mol. The van der Waals surface area contributed by atoms with Crippen molar-refractivity contribution < 1.29 is 14.3 Å². The lowest BCUT2D eigenvalue weighted by Gasteiger charge is -2.07. The molecule has 1 rings (SSSR count). The van der Waals surface area contributed by atoms with Crippen LogP contribution in [0.4, 0.5) is 0 Å². The molecule has 0 spiro atoms. The van der Waals surface area contributed by atoms with E-state index in [0.29, 0.717) is 11.3 Å². The predicted octanol–water partition coefficient (Wildman–Crippen LogP) is 2.71. The Hall–Kier alpha value is -1.73. The van der Waals surface area contributed by atoms with Gasteiger partial charge in [-0.2, -0.15) is 0 Å². The number of hydrogen-bond acceptors (Lipinski definition) is 3. The molecule has 0 heterocycles. The highest BCUT2D eigenvalue weighted by atomic mass is 28.3. The summed E-state index contributed by atoms with van der Waals surface area (Å²) in [7, 11) is 1.47. The van der Waals surface area contributed by atoms with E-state index in [2.05, 4.69) is 35.8 Å². The minimum absolute atomic E-state index is 0.406. The van der Waals surface area contributed by atoms with Crippen LogP contribution in [0, 0.1) is 11.5 Å². The topological polar surface area (TPSA) is 35.5 Å². The van der Waals surface area contributed by atoms with Crippen LogP contribution in [0.5, 0.6) is 5.75 Å². The number of hydrogen-bond donors (Lipinski definition) is 0. The van der Waals surface area contributed by atoms with Gasteiger partial charge in [0.15, 0.2) is 0 Å². The van der Waals surface area contributed by atoms with Crippen LogP contribution < -0.4 is 4.74 Å². The Kier molecular flexibility index (Phi) is 4.57. The van der Waals surface area contributed by atoms with Gasteiger partial charge in [-0.05, 0) is 18.2 Å². The first-order valence-corrected chi connectivity index (χ1v) is 9.17. The van der Waals surface area contributed by atoms with Gasteiger partial charge in [0, 0.05) is 5.56 Å². The molecule has 1 aromatic carbocycles. The molecule has 0 bridgehead atoms. The van der Waals surface area contributed by atoms with Crippen LogP contribution >= 0.6 is 0 Å². The highest BCUT2D eigenvalue weighted by Crippen LogP contribution is 2.20. The van der Waals surface area contributed by atoms with E-state index in [1.807, 2.05) is 6.07 Å². The number of benzene rings is 1. The van der Waals surface area contributed by atoms with E-state index in [1.54, 1.807) is 12.1 Å². The summed E-state index contributed by atoms with van der Waals surface area (Å²) < 4.78 is 9.87. The number of esters is 1. The normalized spacial score (nSPS) is 10.3. The Morgan fingerprint density at radius 3 is 2.39 bits per heavy atom. The highest BCUT2D eigenvalue weighted by molar-refractivity contribution is 6.83. The molecule has 0 aliphatic rings. The standard InChI is InChI=1S/C14H18O3Si/c1-16-13-10-11(8-9-18(3,4)5)6-7-12(13)14(15)17-2/h6-7,10H,1-5H3. The van der Waals surface area contributed by atoms with Gasteiger partial charge in [0.25, 0.3) is 0 Å². The minimum atomic E-state index is -1.40. The first kappa shape index (κ1) is 14.3. The van der Waals surface area contributed by atoms with Gasteiger partial charge in [-0.3, -0.25) is 0 Å². The molecule has 0 atom stereocenters. The van der Waals surface area contributed by atoms with E-state index in [9.17, 15) is 4.79 Å². The number of carbonyl (C=O) groups excluding carboxylic acids is 1. The van der Waals surface area contributed by atoms with Crippen molar-refractivity contribution >= 4 is 14.0 Å². The van der Waals surface area contributed by atoms with Gasteiger partial charge in [-0.1, -0.05) is 25.6 Å². The Bertz CT molecular complexity index is 504. The second-order valence-electron chi connectivity index (χ2n) is 4.91. The average molecular weight is 262 g/mol. The zero-order valence-electron chi connectivity index (χ0n) is 11.5. The number of methoxy groups -OCH3 is 2. The third kappa shape index (κ3) is 3.93. The van der Waals surface area contributed by atoms with Gasteiger partial charge in [-0.25, -0.2) is 4.79 Å². The quantitative estimate of drug-likeness (QED) is 0.467. The van der Waals surface area contributed by atoms with Gasteiger partial charge in [0.2, 0.25) is 0 Å². The summed E-state index contributed by atoms with van der Waals surface area (Å²) in [5, 5.41) is 0. The lowest BCUT2D eigenvalue weighted by molar-refractivity contribution is 0.0597. The SMILES string of the molecule is COC(=O)c1ccc(C#C[Si](C)(C)C)cc1OC. The van der Waals surface area contributed by atoms with Crippen molar-refractivity contribution in [1.82, 2.24) is 0 Å².